The molecule has 0 atom stereocenters. The van der Waals surface area contributed by atoms with Gasteiger partial charge in [-0.05, 0) is 36.3 Å². The average Bonchev–Trinajstić information content (AvgIpc) is 2.67. The van der Waals surface area contributed by atoms with Gasteiger partial charge in [-0.15, -0.1) is 0 Å². The number of hydrogen-bond donors (Lipinski definition) is 2. The fourth-order valence-electron chi connectivity index (χ4n) is 2.79. The smallest absolute Gasteiger partial charge is 0.335 e. The number of ether oxygens (including phenoxy) is 1. The zero-order chi connectivity index (χ0) is 20.4. The van der Waals surface area contributed by atoms with Crippen LogP contribution in [0.4, 0.5) is 10.5 Å². The quantitative estimate of drug-likeness (QED) is 0.606. The molecular formula is C20H17ClN2O5. The standard InChI is InChI=1S/C20H17ClN2O5/c1-3-11-4-6-14(7-5-11)23-19(26)15(18(25)22-20(23)27)9-12-8-13(21)10-16(28-2)17(12)24/h4-10,24H,3H2,1-2H3,(H,22,25,27)/b15-9-. The number of hydrogen-bond acceptors (Lipinski definition) is 5. The van der Waals surface area contributed by atoms with E-state index in [1.165, 1.54) is 25.3 Å². The number of urea groups is 1. The highest BCUT2D eigenvalue weighted by molar-refractivity contribution is 6.39. The number of nitrogens with one attached hydrogen (secondary N) is 1. The maximum absolute atomic E-state index is 12.9. The van der Waals surface area contributed by atoms with E-state index in [2.05, 4.69) is 5.32 Å². The van der Waals surface area contributed by atoms with E-state index < -0.39 is 17.8 Å². The number of amides is 4. The summed E-state index contributed by atoms with van der Waals surface area (Å²) in [6.07, 6.45) is 1.97. The molecule has 28 heavy (non-hydrogen) atoms. The number of methoxy groups -OCH3 is 1. The van der Waals surface area contributed by atoms with Gasteiger partial charge in [-0.1, -0.05) is 30.7 Å². The van der Waals surface area contributed by atoms with Crippen molar-refractivity contribution in [3.63, 3.8) is 0 Å². The fraction of sp³-hybridized carbons (Fsp3) is 0.150. The van der Waals surface area contributed by atoms with E-state index in [1.54, 1.807) is 24.3 Å². The highest BCUT2D eigenvalue weighted by atomic mass is 35.5. The number of carbonyl (C=O) groups excluding carboxylic acids is 3. The molecule has 3 rings (SSSR count). The van der Waals surface area contributed by atoms with Crippen molar-refractivity contribution in [2.24, 2.45) is 0 Å². The van der Waals surface area contributed by atoms with Gasteiger partial charge in [0, 0.05) is 16.7 Å². The summed E-state index contributed by atoms with van der Waals surface area (Å²) in [5, 5.41) is 12.6. The van der Waals surface area contributed by atoms with Gasteiger partial charge in [0.05, 0.1) is 12.8 Å². The van der Waals surface area contributed by atoms with Crippen LogP contribution in [-0.2, 0) is 16.0 Å². The lowest BCUT2D eigenvalue weighted by Crippen LogP contribution is -2.54. The molecule has 4 amide bonds. The topological polar surface area (TPSA) is 95.9 Å². The van der Waals surface area contributed by atoms with Gasteiger partial charge in [0.25, 0.3) is 11.8 Å². The number of nitrogens with zero attached hydrogens (tertiary/aromatic N) is 1. The first kappa shape index (κ1) is 19.4. The molecule has 0 saturated carbocycles. The summed E-state index contributed by atoms with van der Waals surface area (Å²) >= 11 is 6.00. The summed E-state index contributed by atoms with van der Waals surface area (Å²) in [5.74, 6) is -1.87. The molecule has 2 aromatic rings. The average molecular weight is 401 g/mol. The summed E-state index contributed by atoms with van der Waals surface area (Å²) < 4.78 is 5.02. The van der Waals surface area contributed by atoms with Crippen molar-refractivity contribution in [1.82, 2.24) is 5.32 Å². The molecule has 8 heteroatoms. The Morgan fingerprint density at radius 1 is 1.18 bits per heavy atom. The molecule has 0 aliphatic carbocycles. The predicted molar refractivity (Wildman–Crippen MR) is 104 cm³/mol. The van der Waals surface area contributed by atoms with Crippen molar-refractivity contribution in [1.29, 1.82) is 0 Å². The Hall–Kier alpha value is -3.32. The largest absolute Gasteiger partial charge is 0.504 e. The number of rotatable bonds is 4. The van der Waals surface area contributed by atoms with Crippen molar-refractivity contribution in [3.8, 4) is 11.5 Å². The van der Waals surface area contributed by atoms with Crippen LogP contribution in [0.25, 0.3) is 6.08 Å². The molecule has 7 nitrogen and oxygen atoms in total. The molecule has 0 unspecified atom stereocenters. The summed E-state index contributed by atoms with van der Waals surface area (Å²) in [6.45, 7) is 1.99. The molecule has 1 fully saturated rings. The first-order chi connectivity index (χ1) is 13.3. The number of anilines is 1. The van der Waals surface area contributed by atoms with E-state index in [0.717, 1.165) is 16.9 Å². The molecule has 1 heterocycles. The Bertz CT molecular complexity index is 998. The minimum absolute atomic E-state index is 0.0890. The number of phenols is 1. The van der Waals surface area contributed by atoms with Crippen molar-refractivity contribution in [2.75, 3.05) is 12.0 Å². The van der Waals surface area contributed by atoms with Crippen LogP contribution in [0.3, 0.4) is 0 Å². The zero-order valence-electron chi connectivity index (χ0n) is 15.2. The molecule has 1 saturated heterocycles. The third-order valence-electron chi connectivity index (χ3n) is 4.29. The fourth-order valence-corrected chi connectivity index (χ4v) is 3.00. The van der Waals surface area contributed by atoms with Crippen LogP contribution in [0.15, 0.2) is 42.0 Å². The Morgan fingerprint density at radius 2 is 1.86 bits per heavy atom. The Labute approximate surface area is 166 Å². The van der Waals surface area contributed by atoms with Crippen LogP contribution in [0, 0.1) is 0 Å². The van der Waals surface area contributed by atoms with Crippen LogP contribution < -0.4 is 15.0 Å². The number of barbiturate groups is 1. The Morgan fingerprint density at radius 3 is 2.46 bits per heavy atom. The second-order valence-electron chi connectivity index (χ2n) is 6.02. The van der Waals surface area contributed by atoms with Crippen LogP contribution in [0.5, 0.6) is 11.5 Å². The van der Waals surface area contributed by atoms with Crippen molar-refractivity contribution < 1.29 is 24.2 Å². The van der Waals surface area contributed by atoms with E-state index in [1.807, 2.05) is 6.92 Å². The van der Waals surface area contributed by atoms with E-state index in [0.29, 0.717) is 5.69 Å². The van der Waals surface area contributed by atoms with Crippen LogP contribution in [0.1, 0.15) is 18.1 Å². The minimum Gasteiger partial charge on any atom is -0.504 e. The minimum atomic E-state index is -0.866. The third-order valence-corrected chi connectivity index (χ3v) is 4.51. The van der Waals surface area contributed by atoms with E-state index >= 15 is 0 Å². The highest BCUT2D eigenvalue weighted by Crippen LogP contribution is 2.35. The molecular weight excluding hydrogens is 384 g/mol. The number of aromatic hydroxyl groups is 1. The SMILES string of the molecule is CCc1ccc(N2C(=O)NC(=O)/C(=C/c3cc(Cl)cc(OC)c3O)C2=O)cc1. The second-order valence-corrected chi connectivity index (χ2v) is 6.46. The summed E-state index contributed by atoms with van der Waals surface area (Å²) in [6, 6.07) is 8.78. The number of imide groups is 2. The van der Waals surface area contributed by atoms with Crippen molar-refractivity contribution in [3.05, 3.63) is 58.1 Å². The molecule has 0 spiro atoms. The molecule has 0 bridgehead atoms. The first-order valence-electron chi connectivity index (χ1n) is 8.42. The van der Waals surface area contributed by atoms with E-state index in [4.69, 9.17) is 16.3 Å². The van der Waals surface area contributed by atoms with Crippen LogP contribution in [-0.4, -0.2) is 30.1 Å². The number of halogens is 1. The number of aryl methyl sites for hydroxylation is 1. The lowest BCUT2D eigenvalue weighted by Gasteiger charge is -2.26. The van der Waals surface area contributed by atoms with E-state index in [-0.39, 0.29) is 27.7 Å². The van der Waals surface area contributed by atoms with E-state index in [9.17, 15) is 19.5 Å². The zero-order valence-corrected chi connectivity index (χ0v) is 15.9. The normalized spacial score (nSPS) is 15.8. The van der Waals surface area contributed by atoms with Gasteiger partial charge < -0.3 is 9.84 Å². The van der Waals surface area contributed by atoms with Gasteiger partial charge >= 0.3 is 6.03 Å². The van der Waals surface area contributed by atoms with Gasteiger partial charge in [-0.3, -0.25) is 14.9 Å². The third kappa shape index (κ3) is 3.57. The molecule has 0 radical (unpaired) electrons. The van der Waals surface area contributed by atoms with Gasteiger partial charge in [-0.2, -0.15) is 0 Å². The van der Waals surface area contributed by atoms with Gasteiger partial charge in [0.15, 0.2) is 11.5 Å². The van der Waals surface area contributed by atoms with Crippen LogP contribution in [0.2, 0.25) is 5.02 Å². The molecule has 2 aromatic carbocycles. The first-order valence-corrected chi connectivity index (χ1v) is 8.80. The number of benzene rings is 2. The lowest BCUT2D eigenvalue weighted by molar-refractivity contribution is -0.122. The van der Waals surface area contributed by atoms with Crippen molar-refractivity contribution >= 4 is 41.2 Å². The van der Waals surface area contributed by atoms with Crippen molar-refractivity contribution in [2.45, 2.75) is 13.3 Å². The van der Waals surface area contributed by atoms with Gasteiger partial charge in [0.1, 0.15) is 5.57 Å². The molecule has 1 aliphatic rings. The van der Waals surface area contributed by atoms with Gasteiger partial charge in [-0.25, -0.2) is 9.69 Å². The summed E-state index contributed by atoms with van der Waals surface area (Å²) in [5.41, 5.74) is 1.15. The van der Waals surface area contributed by atoms with Crippen LogP contribution >= 0.6 is 11.6 Å². The highest BCUT2D eigenvalue weighted by Gasteiger charge is 2.37. The summed E-state index contributed by atoms with van der Waals surface area (Å²) in [7, 11) is 1.35. The molecule has 144 valence electrons. The number of carbonyl (C=O) groups is 3. The molecule has 0 aromatic heterocycles. The molecule has 1 aliphatic heterocycles. The Balaban J connectivity index is 2.05. The summed E-state index contributed by atoms with van der Waals surface area (Å²) in [4.78, 5) is 38.3. The monoisotopic (exact) mass is 400 g/mol. The Kier molecular flexibility index (Phi) is 5.37. The predicted octanol–water partition coefficient (Wildman–Crippen LogP) is 3.28. The maximum atomic E-state index is 12.9. The number of phenolic OH excluding ortho intramolecular Hbond substituents is 1. The van der Waals surface area contributed by atoms with Gasteiger partial charge in [0.2, 0.25) is 0 Å². The second kappa shape index (κ2) is 7.74. The lowest BCUT2D eigenvalue weighted by atomic mass is 10.1. The maximum Gasteiger partial charge on any atom is 0.335 e. The molecule has 2 N–H and O–H groups in total.